The van der Waals surface area contributed by atoms with Crippen molar-refractivity contribution in [2.45, 2.75) is 45.7 Å². The van der Waals surface area contributed by atoms with E-state index in [2.05, 4.69) is 30.9 Å². The molecule has 1 aromatic heterocycles. The van der Waals surface area contributed by atoms with Gasteiger partial charge in [-0.05, 0) is 44.4 Å². The Bertz CT molecular complexity index is 348. The van der Waals surface area contributed by atoms with Crippen molar-refractivity contribution in [1.82, 2.24) is 4.90 Å². The van der Waals surface area contributed by atoms with Gasteiger partial charge < -0.3 is 10.2 Å². The van der Waals surface area contributed by atoms with Crippen LogP contribution in [-0.4, -0.2) is 24.0 Å². The molecule has 2 N–H and O–H groups in total. The van der Waals surface area contributed by atoms with Crippen molar-refractivity contribution in [2.24, 2.45) is 11.7 Å². The van der Waals surface area contributed by atoms with Crippen LogP contribution in [0.3, 0.4) is 0 Å². The largest absolute Gasteiger partial charge is 0.465 e. The highest BCUT2D eigenvalue weighted by Gasteiger charge is 2.25. The summed E-state index contributed by atoms with van der Waals surface area (Å²) < 4.78 is 5.78. The second-order valence-electron chi connectivity index (χ2n) is 5.18. The van der Waals surface area contributed by atoms with E-state index in [4.69, 9.17) is 10.2 Å². The molecule has 3 heteroatoms. The molecule has 1 fully saturated rings. The predicted octanol–water partition coefficient (Wildman–Crippen LogP) is 2.40. The van der Waals surface area contributed by atoms with E-state index in [0.717, 1.165) is 37.6 Å². The molecule has 0 bridgehead atoms. The number of furan rings is 1. The van der Waals surface area contributed by atoms with Crippen LogP contribution in [0.15, 0.2) is 16.5 Å². The summed E-state index contributed by atoms with van der Waals surface area (Å²) in [5.41, 5.74) is 5.78. The highest BCUT2D eigenvalue weighted by atomic mass is 16.3. The van der Waals surface area contributed by atoms with Crippen LogP contribution >= 0.6 is 0 Å². The summed E-state index contributed by atoms with van der Waals surface area (Å²) in [5, 5.41) is 0. The van der Waals surface area contributed by atoms with Gasteiger partial charge in [-0.3, -0.25) is 4.90 Å². The van der Waals surface area contributed by atoms with Crippen molar-refractivity contribution >= 4 is 0 Å². The Labute approximate surface area is 104 Å². The first-order valence-corrected chi connectivity index (χ1v) is 6.74. The van der Waals surface area contributed by atoms with Gasteiger partial charge in [0.2, 0.25) is 0 Å². The van der Waals surface area contributed by atoms with E-state index in [1.54, 1.807) is 0 Å². The molecule has 2 heterocycles. The lowest BCUT2D eigenvalue weighted by atomic mass is 9.93. The molecule has 3 nitrogen and oxygen atoms in total. The fourth-order valence-corrected chi connectivity index (χ4v) is 2.57. The van der Waals surface area contributed by atoms with Crippen molar-refractivity contribution in [1.29, 1.82) is 0 Å². The molecular formula is C14H24N2O. The van der Waals surface area contributed by atoms with Crippen LogP contribution in [0.4, 0.5) is 0 Å². The Morgan fingerprint density at radius 3 is 2.76 bits per heavy atom. The summed E-state index contributed by atoms with van der Waals surface area (Å²) in [4.78, 5) is 2.50. The molecule has 0 radical (unpaired) electrons. The summed E-state index contributed by atoms with van der Waals surface area (Å²) >= 11 is 0. The maximum absolute atomic E-state index is 5.78. The maximum atomic E-state index is 5.78. The van der Waals surface area contributed by atoms with Gasteiger partial charge in [0, 0.05) is 19.0 Å². The number of aryl methyl sites for hydroxylation is 1. The topological polar surface area (TPSA) is 42.4 Å². The molecule has 0 aromatic carbocycles. The van der Waals surface area contributed by atoms with Crippen LogP contribution in [0.25, 0.3) is 0 Å². The van der Waals surface area contributed by atoms with Gasteiger partial charge in [0.25, 0.3) is 0 Å². The standard InChI is InChI=1S/C14H24N2O/c1-3-13-6-7-14(17-13)10-16-9-12(8-15)5-4-11(16)2/h6-7,11-12H,3-5,8-10,15H2,1-2H3. The third kappa shape index (κ3) is 3.11. The molecule has 0 saturated carbocycles. The zero-order valence-electron chi connectivity index (χ0n) is 11.0. The Balaban J connectivity index is 1.96. The molecule has 1 saturated heterocycles. The Morgan fingerprint density at radius 1 is 1.35 bits per heavy atom. The molecule has 1 aliphatic heterocycles. The van der Waals surface area contributed by atoms with Crippen LogP contribution < -0.4 is 5.73 Å². The average Bonchev–Trinajstić information content (AvgIpc) is 2.80. The second-order valence-corrected chi connectivity index (χ2v) is 5.18. The fraction of sp³-hybridized carbons (Fsp3) is 0.714. The van der Waals surface area contributed by atoms with E-state index in [0.29, 0.717) is 12.0 Å². The van der Waals surface area contributed by atoms with Gasteiger partial charge in [-0.25, -0.2) is 0 Å². The molecule has 2 unspecified atom stereocenters. The quantitative estimate of drug-likeness (QED) is 0.873. The van der Waals surface area contributed by atoms with Crippen LogP contribution in [0, 0.1) is 5.92 Å². The summed E-state index contributed by atoms with van der Waals surface area (Å²) in [6, 6.07) is 4.84. The van der Waals surface area contributed by atoms with Crippen molar-refractivity contribution in [3.8, 4) is 0 Å². The summed E-state index contributed by atoms with van der Waals surface area (Å²) in [6.45, 7) is 7.27. The molecule has 1 aliphatic rings. The minimum Gasteiger partial charge on any atom is -0.465 e. The van der Waals surface area contributed by atoms with E-state index < -0.39 is 0 Å². The van der Waals surface area contributed by atoms with Gasteiger partial charge >= 0.3 is 0 Å². The number of nitrogens with zero attached hydrogens (tertiary/aromatic N) is 1. The van der Waals surface area contributed by atoms with Crippen molar-refractivity contribution in [2.75, 3.05) is 13.1 Å². The van der Waals surface area contributed by atoms with E-state index in [-0.39, 0.29) is 0 Å². The number of likely N-dealkylation sites (tertiary alicyclic amines) is 1. The molecule has 0 amide bonds. The number of piperidine rings is 1. The highest BCUT2D eigenvalue weighted by molar-refractivity contribution is 5.07. The zero-order chi connectivity index (χ0) is 12.3. The first-order valence-electron chi connectivity index (χ1n) is 6.74. The molecule has 2 atom stereocenters. The summed E-state index contributed by atoms with van der Waals surface area (Å²) in [6.07, 6.45) is 3.50. The number of rotatable bonds is 4. The molecular weight excluding hydrogens is 212 g/mol. The van der Waals surface area contributed by atoms with Gasteiger partial charge in [-0.15, -0.1) is 0 Å². The van der Waals surface area contributed by atoms with Crippen LogP contribution in [0.2, 0.25) is 0 Å². The van der Waals surface area contributed by atoms with Crippen LogP contribution in [0.5, 0.6) is 0 Å². The molecule has 0 spiro atoms. The Kier molecular flexibility index (Phi) is 4.24. The van der Waals surface area contributed by atoms with Gasteiger partial charge in [-0.1, -0.05) is 6.92 Å². The first kappa shape index (κ1) is 12.7. The molecule has 2 rings (SSSR count). The lowest BCUT2D eigenvalue weighted by Gasteiger charge is -2.37. The van der Waals surface area contributed by atoms with E-state index in [1.807, 2.05) is 0 Å². The van der Waals surface area contributed by atoms with E-state index in [9.17, 15) is 0 Å². The normalized spacial score (nSPS) is 26.3. The van der Waals surface area contributed by atoms with Crippen LogP contribution in [-0.2, 0) is 13.0 Å². The highest BCUT2D eigenvalue weighted by Crippen LogP contribution is 2.23. The van der Waals surface area contributed by atoms with Crippen LogP contribution in [0.1, 0.15) is 38.2 Å². The molecule has 17 heavy (non-hydrogen) atoms. The van der Waals surface area contributed by atoms with Crippen molar-refractivity contribution in [3.63, 3.8) is 0 Å². The first-order chi connectivity index (χ1) is 8.22. The summed E-state index contributed by atoms with van der Waals surface area (Å²) in [5.74, 6) is 2.83. The predicted molar refractivity (Wildman–Crippen MR) is 69.7 cm³/mol. The van der Waals surface area contributed by atoms with E-state index in [1.165, 1.54) is 12.8 Å². The number of hydrogen-bond donors (Lipinski definition) is 1. The third-order valence-corrected chi connectivity index (χ3v) is 3.87. The van der Waals surface area contributed by atoms with Gasteiger partial charge in [0.1, 0.15) is 11.5 Å². The molecule has 1 aromatic rings. The smallest absolute Gasteiger partial charge is 0.118 e. The fourth-order valence-electron chi connectivity index (χ4n) is 2.57. The lowest BCUT2D eigenvalue weighted by molar-refractivity contribution is 0.105. The molecule has 96 valence electrons. The van der Waals surface area contributed by atoms with E-state index >= 15 is 0 Å². The molecule has 0 aliphatic carbocycles. The van der Waals surface area contributed by atoms with Crippen molar-refractivity contribution < 1.29 is 4.42 Å². The second kappa shape index (κ2) is 5.69. The minimum atomic E-state index is 0.646. The minimum absolute atomic E-state index is 0.646. The SMILES string of the molecule is CCc1ccc(CN2CC(CN)CCC2C)o1. The maximum Gasteiger partial charge on any atom is 0.118 e. The zero-order valence-corrected chi connectivity index (χ0v) is 11.0. The average molecular weight is 236 g/mol. The van der Waals surface area contributed by atoms with Crippen molar-refractivity contribution in [3.05, 3.63) is 23.7 Å². The summed E-state index contributed by atoms with van der Waals surface area (Å²) in [7, 11) is 0. The Hall–Kier alpha value is -0.800. The number of nitrogens with two attached hydrogens (primary N) is 1. The van der Waals surface area contributed by atoms with Gasteiger partial charge in [0.15, 0.2) is 0 Å². The van der Waals surface area contributed by atoms with Gasteiger partial charge in [-0.2, -0.15) is 0 Å². The van der Waals surface area contributed by atoms with Gasteiger partial charge in [0.05, 0.1) is 6.54 Å². The third-order valence-electron chi connectivity index (χ3n) is 3.87. The monoisotopic (exact) mass is 236 g/mol. The number of hydrogen-bond acceptors (Lipinski definition) is 3. The lowest BCUT2D eigenvalue weighted by Crippen LogP contribution is -2.43. The Morgan fingerprint density at radius 2 is 2.12 bits per heavy atom.